The topological polar surface area (TPSA) is 29.5 Å². The van der Waals surface area contributed by atoms with Crippen molar-refractivity contribution in [3.05, 3.63) is 29.3 Å². The first-order valence-electron chi connectivity index (χ1n) is 6.56. The van der Waals surface area contributed by atoms with Gasteiger partial charge >= 0.3 is 0 Å². The van der Waals surface area contributed by atoms with Crippen molar-refractivity contribution in [2.75, 3.05) is 6.61 Å². The van der Waals surface area contributed by atoms with Crippen LogP contribution >= 0.6 is 0 Å². The number of aliphatic hydroxyl groups excluding tert-OH is 1. The molecule has 1 atom stereocenters. The van der Waals surface area contributed by atoms with Crippen LogP contribution in [0.3, 0.4) is 0 Å². The van der Waals surface area contributed by atoms with Gasteiger partial charge in [-0.25, -0.2) is 0 Å². The summed E-state index contributed by atoms with van der Waals surface area (Å²) >= 11 is 0. The lowest BCUT2D eigenvalue weighted by Crippen LogP contribution is -2.02. The third-order valence-electron chi connectivity index (χ3n) is 2.87. The molecular formula is C15H24O2. The van der Waals surface area contributed by atoms with Crippen molar-refractivity contribution in [3.8, 4) is 5.75 Å². The summed E-state index contributed by atoms with van der Waals surface area (Å²) < 4.78 is 5.74. The van der Waals surface area contributed by atoms with Gasteiger partial charge in [0.05, 0.1) is 12.7 Å². The lowest BCUT2D eigenvalue weighted by molar-refractivity contribution is 0.190. The van der Waals surface area contributed by atoms with Crippen molar-refractivity contribution >= 4 is 0 Å². The maximum Gasteiger partial charge on any atom is 0.125 e. The molecule has 0 radical (unpaired) electrons. The molecule has 1 rings (SSSR count). The molecule has 0 amide bonds. The summed E-state index contributed by atoms with van der Waals surface area (Å²) in [4.78, 5) is 0. The number of aliphatic hydroxyl groups is 1. The Morgan fingerprint density at radius 3 is 2.65 bits per heavy atom. The molecule has 0 aliphatic carbocycles. The number of hydrogen-bond acceptors (Lipinski definition) is 2. The first-order chi connectivity index (χ1) is 8.15. The average molecular weight is 236 g/mol. The van der Waals surface area contributed by atoms with Crippen LogP contribution in [-0.4, -0.2) is 11.7 Å². The number of aryl methyl sites for hydroxylation is 1. The SMILES string of the molecule is CCCCCCOc1ccc(C)cc1[C@H](C)O. The van der Waals surface area contributed by atoms with E-state index in [0.29, 0.717) is 0 Å². The van der Waals surface area contributed by atoms with Gasteiger partial charge in [0.1, 0.15) is 5.75 Å². The quantitative estimate of drug-likeness (QED) is 0.725. The Morgan fingerprint density at radius 2 is 2.00 bits per heavy atom. The van der Waals surface area contributed by atoms with E-state index in [-0.39, 0.29) is 0 Å². The van der Waals surface area contributed by atoms with Crippen LogP contribution in [-0.2, 0) is 0 Å². The number of hydrogen-bond donors (Lipinski definition) is 1. The maximum atomic E-state index is 9.69. The van der Waals surface area contributed by atoms with Gasteiger partial charge in [0.25, 0.3) is 0 Å². The van der Waals surface area contributed by atoms with Gasteiger partial charge in [-0.2, -0.15) is 0 Å². The van der Waals surface area contributed by atoms with E-state index in [0.717, 1.165) is 29.9 Å². The highest BCUT2D eigenvalue weighted by molar-refractivity contribution is 5.38. The average Bonchev–Trinajstić information content (AvgIpc) is 2.30. The van der Waals surface area contributed by atoms with Crippen LogP contribution in [0.2, 0.25) is 0 Å². The zero-order valence-corrected chi connectivity index (χ0v) is 11.2. The first-order valence-corrected chi connectivity index (χ1v) is 6.56. The fourth-order valence-electron chi connectivity index (χ4n) is 1.84. The summed E-state index contributed by atoms with van der Waals surface area (Å²) in [6.07, 6.45) is 4.33. The second kappa shape index (κ2) is 7.33. The van der Waals surface area contributed by atoms with Crippen molar-refractivity contribution in [1.29, 1.82) is 0 Å². The van der Waals surface area contributed by atoms with Crippen LogP contribution in [0.25, 0.3) is 0 Å². The predicted molar refractivity (Wildman–Crippen MR) is 71.4 cm³/mol. The first kappa shape index (κ1) is 14.0. The van der Waals surface area contributed by atoms with Crippen molar-refractivity contribution in [1.82, 2.24) is 0 Å². The molecule has 1 N–H and O–H groups in total. The van der Waals surface area contributed by atoms with Gasteiger partial charge < -0.3 is 9.84 Å². The summed E-state index contributed by atoms with van der Waals surface area (Å²) in [5.41, 5.74) is 2.04. The van der Waals surface area contributed by atoms with E-state index < -0.39 is 6.10 Å². The highest BCUT2D eigenvalue weighted by Crippen LogP contribution is 2.26. The van der Waals surface area contributed by atoms with Crippen molar-refractivity contribution in [2.45, 2.75) is 52.6 Å². The molecule has 2 heteroatoms. The van der Waals surface area contributed by atoms with Crippen LogP contribution < -0.4 is 4.74 Å². The van der Waals surface area contributed by atoms with Crippen molar-refractivity contribution < 1.29 is 9.84 Å². The number of rotatable bonds is 7. The van der Waals surface area contributed by atoms with E-state index in [9.17, 15) is 5.11 Å². The Morgan fingerprint density at radius 1 is 1.24 bits per heavy atom. The summed E-state index contributed by atoms with van der Waals surface area (Å²) in [6, 6.07) is 5.97. The Kier molecular flexibility index (Phi) is 6.06. The molecule has 0 fully saturated rings. The molecule has 0 spiro atoms. The fraction of sp³-hybridized carbons (Fsp3) is 0.600. The Bertz CT molecular complexity index is 332. The predicted octanol–water partition coefficient (Wildman–Crippen LogP) is 4.01. The van der Waals surface area contributed by atoms with E-state index in [4.69, 9.17) is 4.74 Å². The normalized spacial score (nSPS) is 12.5. The summed E-state index contributed by atoms with van der Waals surface area (Å²) in [5.74, 6) is 0.821. The number of ether oxygens (including phenoxy) is 1. The van der Waals surface area contributed by atoms with E-state index in [2.05, 4.69) is 6.92 Å². The van der Waals surface area contributed by atoms with Gasteiger partial charge in [-0.3, -0.25) is 0 Å². The van der Waals surface area contributed by atoms with Crippen LogP contribution in [0.5, 0.6) is 5.75 Å². The van der Waals surface area contributed by atoms with Gasteiger partial charge in [-0.15, -0.1) is 0 Å². The highest BCUT2D eigenvalue weighted by atomic mass is 16.5. The summed E-state index contributed by atoms with van der Waals surface area (Å²) in [7, 11) is 0. The molecule has 0 aliphatic rings. The van der Waals surface area contributed by atoms with Gasteiger partial charge in [0.2, 0.25) is 0 Å². The van der Waals surface area contributed by atoms with Gasteiger partial charge in [0.15, 0.2) is 0 Å². The third-order valence-corrected chi connectivity index (χ3v) is 2.87. The van der Waals surface area contributed by atoms with Gasteiger partial charge in [-0.1, -0.05) is 37.8 Å². The van der Waals surface area contributed by atoms with Crippen LogP contribution in [0.1, 0.15) is 56.8 Å². The molecule has 96 valence electrons. The lowest BCUT2D eigenvalue weighted by atomic mass is 10.1. The maximum absolute atomic E-state index is 9.69. The molecule has 0 unspecified atom stereocenters. The minimum atomic E-state index is -0.472. The van der Waals surface area contributed by atoms with Crippen LogP contribution in [0.4, 0.5) is 0 Å². The minimum absolute atomic E-state index is 0.472. The molecule has 0 aliphatic heterocycles. The summed E-state index contributed by atoms with van der Waals surface area (Å²) in [6.45, 7) is 6.74. The molecular weight excluding hydrogens is 212 g/mol. The minimum Gasteiger partial charge on any atom is -0.493 e. The molecule has 0 saturated heterocycles. The molecule has 0 saturated carbocycles. The van der Waals surface area contributed by atoms with Crippen LogP contribution in [0.15, 0.2) is 18.2 Å². The summed E-state index contributed by atoms with van der Waals surface area (Å²) in [5, 5.41) is 9.69. The molecule has 1 aromatic carbocycles. The highest BCUT2D eigenvalue weighted by Gasteiger charge is 2.09. The molecule has 1 aromatic rings. The Hall–Kier alpha value is -1.02. The third kappa shape index (κ3) is 4.78. The largest absolute Gasteiger partial charge is 0.493 e. The van der Waals surface area contributed by atoms with Crippen LogP contribution in [0, 0.1) is 6.92 Å². The van der Waals surface area contributed by atoms with Crippen molar-refractivity contribution in [2.24, 2.45) is 0 Å². The van der Waals surface area contributed by atoms with E-state index in [1.54, 1.807) is 6.92 Å². The van der Waals surface area contributed by atoms with E-state index in [1.165, 1.54) is 19.3 Å². The molecule has 0 bridgehead atoms. The smallest absolute Gasteiger partial charge is 0.125 e. The van der Waals surface area contributed by atoms with Gasteiger partial charge in [-0.05, 0) is 32.4 Å². The zero-order chi connectivity index (χ0) is 12.7. The number of unbranched alkanes of at least 4 members (excludes halogenated alkanes) is 3. The van der Waals surface area contributed by atoms with E-state index in [1.807, 2.05) is 25.1 Å². The second-order valence-electron chi connectivity index (χ2n) is 4.63. The van der Waals surface area contributed by atoms with Gasteiger partial charge in [0, 0.05) is 5.56 Å². The molecule has 0 aromatic heterocycles. The monoisotopic (exact) mass is 236 g/mol. The Balaban J connectivity index is 2.52. The standard InChI is InChI=1S/C15H24O2/c1-4-5-6-7-10-17-15-9-8-12(2)11-14(15)13(3)16/h8-9,11,13,16H,4-7,10H2,1-3H3/t13-/m0/s1. The number of benzene rings is 1. The molecule has 17 heavy (non-hydrogen) atoms. The zero-order valence-electron chi connectivity index (χ0n) is 11.2. The molecule has 0 heterocycles. The lowest BCUT2D eigenvalue weighted by Gasteiger charge is -2.14. The second-order valence-corrected chi connectivity index (χ2v) is 4.63. The van der Waals surface area contributed by atoms with E-state index >= 15 is 0 Å². The fourth-order valence-corrected chi connectivity index (χ4v) is 1.84. The Labute approximate surface area is 105 Å². The van der Waals surface area contributed by atoms with Crippen molar-refractivity contribution in [3.63, 3.8) is 0 Å². The molecule has 2 nitrogen and oxygen atoms in total.